The quantitative estimate of drug-likeness (QED) is 0.824. The first-order chi connectivity index (χ1) is 10.2. The molecule has 0 spiro atoms. The van der Waals surface area contributed by atoms with Crippen LogP contribution in [-0.2, 0) is 6.54 Å². The zero-order valence-corrected chi connectivity index (χ0v) is 13.3. The van der Waals surface area contributed by atoms with Crippen LogP contribution < -0.4 is 5.73 Å². The predicted molar refractivity (Wildman–Crippen MR) is 87.1 cm³/mol. The molecule has 3 N–H and O–H groups in total. The molecule has 1 aromatic rings. The smallest absolute Gasteiger partial charge is 0.0700 e. The fraction of sp³-hybridized carbons (Fsp3) is 0.647. The summed E-state index contributed by atoms with van der Waals surface area (Å²) in [5.41, 5.74) is 6.20. The molecule has 2 heterocycles. The van der Waals surface area contributed by atoms with Gasteiger partial charge in [0.15, 0.2) is 0 Å². The van der Waals surface area contributed by atoms with Crippen LogP contribution in [-0.4, -0.2) is 35.2 Å². The van der Waals surface area contributed by atoms with Crippen molar-refractivity contribution in [3.63, 3.8) is 0 Å². The molecule has 2 aliphatic rings. The number of thiophene rings is 1. The lowest BCUT2D eigenvalue weighted by Crippen LogP contribution is -2.52. The number of piperidine rings is 1. The molecule has 3 nitrogen and oxygen atoms in total. The van der Waals surface area contributed by atoms with Crippen LogP contribution in [0.2, 0.25) is 0 Å². The Labute approximate surface area is 131 Å². The Bertz CT molecular complexity index is 544. The molecule has 2 unspecified atom stereocenters. The largest absolute Gasteiger partial charge is 0.390 e. The zero-order chi connectivity index (χ0) is 14.7. The van der Waals surface area contributed by atoms with E-state index in [1.165, 1.54) is 24.1 Å². The molecule has 0 radical (unpaired) electrons. The maximum absolute atomic E-state index is 10.7. The van der Waals surface area contributed by atoms with Gasteiger partial charge in [0, 0.05) is 36.0 Å². The molecule has 1 aliphatic heterocycles. The average Bonchev–Trinajstić information content (AvgIpc) is 2.92. The monoisotopic (exact) mass is 304 g/mol. The summed E-state index contributed by atoms with van der Waals surface area (Å²) >= 11 is 1.77. The van der Waals surface area contributed by atoms with Crippen LogP contribution in [0.1, 0.15) is 42.5 Å². The molecule has 2 atom stereocenters. The lowest BCUT2D eigenvalue weighted by molar-refractivity contribution is -0.0966. The van der Waals surface area contributed by atoms with E-state index < -0.39 is 0 Å². The van der Waals surface area contributed by atoms with Crippen molar-refractivity contribution in [2.24, 2.45) is 11.7 Å². The normalized spacial score (nSPS) is 29.5. The summed E-state index contributed by atoms with van der Waals surface area (Å²) in [4.78, 5) is 3.82. The molecule has 2 fully saturated rings. The molecule has 1 saturated carbocycles. The lowest BCUT2D eigenvalue weighted by Gasteiger charge is -2.47. The Hall–Kier alpha value is -0.860. The number of nitrogens with two attached hydrogens (primary N) is 1. The zero-order valence-electron chi connectivity index (χ0n) is 12.5. The second-order valence-electron chi connectivity index (χ2n) is 6.29. The molecular formula is C17H24N2OS. The third kappa shape index (κ3) is 3.32. The Morgan fingerprint density at radius 1 is 1.43 bits per heavy atom. The van der Waals surface area contributed by atoms with Crippen LogP contribution in [0.4, 0.5) is 0 Å². The molecule has 4 heteroatoms. The number of aliphatic hydroxyl groups is 1. The van der Waals surface area contributed by atoms with Crippen molar-refractivity contribution < 1.29 is 5.11 Å². The third-order valence-corrected chi connectivity index (χ3v) is 5.86. The minimum atomic E-state index is -0.383. The fourth-order valence-corrected chi connectivity index (χ4v) is 4.58. The minimum absolute atomic E-state index is 0.383. The summed E-state index contributed by atoms with van der Waals surface area (Å²) < 4.78 is 0. The van der Waals surface area contributed by atoms with E-state index in [0.29, 0.717) is 12.5 Å². The van der Waals surface area contributed by atoms with Gasteiger partial charge in [0.05, 0.1) is 12.1 Å². The molecule has 0 amide bonds. The Kier molecular flexibility index (Phi) is 4.66. The van der Waals surface area contributed by atoms with Crippen LogP contribution >= 0.6 is 11.3 Å². The highest BCUT2D eigenvalue weighted by molar-refractivity contribution is 7.10. The van der Waals surface area contributed by atoms with E-state index in [1.807, 2.05) is 0 Å². The van der Waals surface area contributed by atoms with Crippen molar-refractivity contribution in [1.29, 1.82) is 0 Å². The topological polar surface area (TPSA) is 49.5 Å². The van der Waals surface area contributed by atoms with Gasteiger partial charge >= 0.3 is 0 Å². The standard InChI is InChI=1S/C17H24N2OS/c18-9-3-4-14-6-11-21-16(14)13-19-10-8-17(20)7-2-1-5-15(17)12-19/h6,11,15,20H,1-2,5,7-10,12-13,18H2. The fourth-order valence-electron chi connectivity index (χ4n) is 3.71. The van der Waals surface area contributed by atoms with E-state index in [1.54, 1.807) is 11.3 Å². The predicted octanol–water partition coefficient (Wildman–Crippen LogP) is 2.19. The van der Waals surface area contributed by atoms with Crippen molar-refractivity contribution in [3.05, 3.63) is 21.9 Å². The van der Waals surface area contributed by atoms with E-state index in [-0.39, 0.29) is 5.60 Å². The van der Waals surface area contributed by atoms with Gasteiger partial charge in [-0.05, 0) is 30.7 Å². The molecule has 114 valence electrons. The maximum atomic E-state index is 10.7. The summed E-state index contributed by atoms with van der Waals surface area (Å²) in [6, 6.07) is 2.09. The van der Waals surface area contributed by atoms with Crippen molar-refractivity contribution in [3.8, 4) is 11.8 Å². The van der Waals surface area contributed by atoms with Crippen molar-refractivity contribution in [1.82, 2.24) is 4.90 Å². The molecule has 1 aromatic heterocycles. The van der Waals surface area contributed by atoms with Gasteiger partial charge in [0.1, 0.15) is 0 Å². The summed E-state index contributed by atoms with van der Waals surface area (Å²) in [6.45, 7) is 3.39. The van der Waals surface area contributed by atoms with Crippen LogP contribution in [0, 0.1) is 17.8 Å². The number of likely N-dealkylation sites (tertiary alicyclic amines) is 1. The van der Waals surface area contributed by atoms with Gasteiger partial charge in [0.2, 0.25) is 0 Å². The SMILES string of the molecule is NCC#Cc1ccsc1CN1CCC2(O)CCCCC2C1. The highest BCUT2D eigenvalue weighted by atomic mass is 32.1. The van der Waals surface area contributed by atoms with Gasteiger partial charge in [-0.15, -0.1) is 11.3 Å². The summed E-state index contributed by atoms with van der Waals surface area (Å²) in [7, 11) is 0. The first-order valence-electron chi connectivity index (χ1n) is 7.91. The third-order valence-electron chi connectivity index (χ3n) is 4.95. The molecule has 0 bridgehead atoms. The van der Waals surface area contributed by atoms with Crippen LogP contribution in [0.25, 0.3) is 0 Å². The number of nitrogens with zero attached hydrogens (tertiary/aromatic N) is 1. The van der Waals surface area contributed by atoms with Crippen molar-refractivity contribution >= 4 is 11.3 Å². The molecule has 3 rings (SSSR count). The van der Waals surface area contributed by atoms with Gasteiger partial charge in [0.25, 0.3) is 0 Å². The number of rotatable bonds is 2. The second kappa shape index (κ2) is 6.50. The van der Waals surface area contributed by atoms with Crippen LogP contribution in [0.15, 0.2) is 11.4 Å². The van der Waals surface area contributed by atoms with Gasteiger partial charge in [-0.1, -0.05) is 24.7 Å². The van der Waals surface area contributed by atoms with Crippen molar-refractivity contribution in [2.75, 3.05) is 19.6 Å². The Morgan fingerprint density at radius 2 is 2.33 bits per heavy atom. The Balaban J connectivity index is 1.65. The molecular weight excluding hydrogens is 280 g/mol. The molecule has 1 saturated heterocycles. The summed E-state index contributed by atoms with van der Waals surface area (Å²) in [5.74, 6) is 6.57. The highest BCUT2D eigenvalue weighted by Gasteiger charge is 2.42. The first kappa shape index (κ1) is 15.1. The lowest BCUT2D eigenvalue weighted by atomic mass is 9.71. The van der Waals surface area contributed by atoms with Gasteiger partial charge < -0.3 is 10.8 Å². The van der Waals surface area contributed by atoms with Gasteiger partial charge in [-0.3, -0.25) is 4.90 Å². The number of hydrogen-bond acceptors (Lipinski definition) is 4. The molecule has 21 heavy (non-hydrogen) atoms. The summed E-state index contributed by atoms with van der Waals surface area (Å²) in [6.07, 6.45) is 5.56. The average molecular weight is 304 g/mol. The first-order valence-corrected chi connectivity index (χ1v) is 8.79. The van der Waals surface area contributed by atoms with E-state index in [0.717, 1.165) is 38.0 Å². The van der Waals surface area contributed by atoms with E-state index in [9.17, 15) is 5.11 Å². The second-order valence-corrected chi connectivity index (χ2v) is 7.30. The van der Waals surface area contributed by atoms with Crippen LogP contribution in [0.5, 0.6) is 0 Å². The maximum Gasteiger partial charge on any atom is 0.0700 e. The van der Waals surface area contributed by atoms with Crippen molar-refractivity contribution in [2.45, 2.75) is 44.2 Å². The van der Waals surface area contributed by atoms with E-state index >= 15 is 0 Å². The molecule has 1 aliphatic carbocycles. The minimum Gasteiger partial charge on any atom is -0.390 e. The summed E-state index contributed by atoms with van der Waals surface area (Å²) in [5, 5.41) is 12.9. The number of fused-ring (bicyclic) bond motifs is 1. The van der Waals surface area contributed by atoms with Crippen LogP contribution in [0.3, 0.4) is 0 Å². The Morgan fingerprint density at radius 3 is 3.19 bits per heavy atom. The highest BCUT2D eigenvalue weighted by Crippen LogP contribution is 2.40. The van der Waals surface area contributed by atoms with Gasteiger partial charge in [-0.2, -0.15) is 0 Å². The number of hydrogen-bond donors (Lipinski definition) is 2. The molecule has 0 aromatic carbocycles. The van der Waals surface area contributed by atoms with E-state index in [2.05, 4.69) is 28.2 Å². The van der Waals surface area contributed by atoms with Gasteiger partial charge in [-0.25, -0.2) is 0 Å². The van der Waals surface area contributed by atoms with E-state index in [4.69, 9.17) is 5.73 Å².